The number of halogens is 2. The average Bonchev–Trinajstić information content (AvgIpc) is 2.66. The average molecular weight is 485 g/mol. The fourth-order valence-electron chi connectivity index (χ4n) is 2.68. The maximum atomic E-state index is 12.7. The summed E-state index contributed by atoms with van der Waals surface area (Å²) in [5, 5.41) is 0.521. The van der Waals surface area contributed by atoms with Crippen LogP contribution in [-0.2, 0) is 20.0 Å². The predicted molar refractivity (Wildman–Crippen MR) is 120 cm³/mol. The van der Waals surface area contributed by atoms with Gasteiger partial charge in [-0.25, -0.2) is 16.8 Å². The highest BCUT2D eigenvalue weighted by molar-refractivity contribution is 7.93. The first-order valence-electron chi connectivity index (χ1n) is 8.66. The number of rotatable bonds is 6. The Labute approximate surface area is 186 Å². The van der Waals surface area contributed by atoms with Gasteiger partial charge in [0, 0.05) is 5.69 Å². The second-order valence-corrected chi connectivity index (χ2v) is 10.8. The van der Waals surface area contributed by atoms with Crippen molar-refractivity contribution in [1.82, 2.24) is 0 Å². The molecule has 3 rings (SSSR count). The van der Waals surface area contributed by atoms with Gasteiger partial charge in [0.15, 0.2) is 0 Å². The fourth-order valence-corrected chi connectivity index (χ4v) is 5.42. The number of hydrogen-bond donors (Lipinski definition) is 2. The molecule has 0 aliphatic heterocycles. The lowest BCUT2D eigenvalue weighted by Gasteiger charge is -2.12. The summed E-state index contributed by atoms with van der Waals surface area (Å²) in [4.78, 5) is 0.128. The van der Waals surface area contributed by atoms with Crippen molar-refractivity contribution < 1.29 is 16.8 Å². The molecule has 158 valence electrons. The Hall–Kier alpha value is -2.26. The van der Waals surface area contributed by atoms with Crippen molar-refractivity contribution >= 4 is 54.6 Å². The molecule has 10 heteroatoms. The lowest BCUT2D eigenvalue weighted by Crippen LogP contribution is -2.15. The van der Waals surface area contributed by atoms with Crippen molar-refractivity contribution in [3.8, 4) is 0 Å². The Kier molecular flexibility index (Phi) is 6.33. The van der Waals surface area contributed by atoms with Gasteiger partial charge in [-0.05, 0) is 73.5 Å². The van der Waals surface area contributed by atoms with Gasteiger partial charge in [0.1, 0.15) is 0 Å². The molecule has 0 heterocycles. The van der Waals surface area contributed by atoms with E-state index in [1.807, 2.05) is 6.07 Å². The molecule has 30 heavy (non-hydrogen) atoms. The van der Waals surface area contributed by atoms with Crippen molar-refractivity contribution in [2.24, 2.45) is 0 Å². The Balaban J connectivity index is 1.81. The van der Waals surface area contributed by atoms with Crippen LogP contribution in [0.25, 0.3) is 0 Å². The van der Waals surface area contributed by atoms with Gasteiger partial charge in [-0.3, -0.25) is 9.44 Å². The summed E-state index contributed by atoms with van der Waals surface area (Å²) in [6.07, 6.45) is 0. The van der Waals surface area contributed by atoms with E-state index < -0.39 is 20.0 Å². The third-order valence-corrected chi connectivity index (χ3v) is 7.88. The van der Waals surface area contributed by atoms with Crippen LogP contribution < -0.4 is 9.44 Å². The highest BCUT2D eigenvalue weighted by Crippen LogP contribution is 2.27. The van der Waals surface area contributed by atoms with E-state index in [1.165, 1.54) is 42.5 Å². The summed E-state index contributed by atoms with van der Waals surface area (Å²) >= 11 is 11.7. The highest BCUT2D eigenvalue weighted by atomic mass is 35.5. The zero-order valence-electron chi connectivity index (χ0n) is 16.0. The first-order valence-corrected chi connectivity index (χ1v) is 12.4. The molecule has 0 atom stereocenters. The predicted octanol–water partition coefficient (Wildman–Crippen LogP) is 5.21. The minimum atomic E-state index is -3.90. The van der Waals surface area contributed by atoms with Crippen LogP contribution >= 0.6 is 23.2 Å². The summed E-state index contributed by atoms with van der Waals surface area (Å²) < 4.78 is 55.4. The largest absolute Gasteiger partial charge is 0.280 e. The van der Waals surface area contributed by atoms with Crippen LogP contribution in [0, 0.1) is 13.8 Å². The highest BCUT2D eigenvalue weighted by Gasteiger charge is 2.19. The van der Waals surface area contributed by atoms with Crippen molar-refractivity contribution in [3.05, 3.63) is 81.8 Å². The van der Waals surface area contributed by atoms with Gasteiger partial charge >= 0.3 is 0 Å². The second kappa shape index (κ2) is 8.47. The third-order valence-electron chi connectivity index (χ3n) is 4.22. The van der Waals surface area contributed by atoms with Crippen molar-refractivity contribution in [2.75, 3.05) is 9.44 Å². The third kappa shape index (κ3) is 5.07. The van der Waals surface area contributed by atoms with Gasteiger partial charge in [-0.1, -0.05) is 35.3 Å². The first kappa shape index (κ1) is 22.4. The molecular formula is C20H18Cl2N2O4S2. The molecular weight excluding hydrogens is 467 g/mol. The van der Waals surface area contributed by atoms with E-state index in [1.54, 1.807) is 26.0 Å². The number of hydrogen-bond acceptors (Lipinski definition) is 4. The van der Waals surface area contributed by atoms with E-state index in [0.29, 0.717) is 10.6 Å². The van der Waals surface area contributed by atoms with Crippen molar-refractivity contribution in [2.45, 2.75) is 23.6 Å². The molecule has 6 nitrogen and oxygen atoms in total. The molecule has 0 aromatic heterocycles. The Bertz CT molecular complexity index is 1310. The van der Waals surface area contributed by atoms with E-state index in [9.17, 15) is 16.8 Å². The smallest absolute Gasteiger partial charge is 0.262 e. The molecule has 0 aliphatic rings. The number of benzene rings is 3. The van der Waals surface area contributed by atoms with Crippen molar-refractivity contribution in [1.29, 1.82) is 0 Å². The monoisotopic (exact) mass is 484 g/mol. The standard InChI is InChI=1S/C20H18Cl2N2O4S2/c1-13-3-4-14(2)20(11-13)30(27,28)23-15-5-8-17(9-6-15)29(25,26)24-16-7-10-18(21)19(22)12-16/h3-12,23-24H,1-2H3. The SMILES string of the molecule is Cc1ccc(C)c(S(=O)(=O)Nc2ccc(S(=O)(=O)Nc3ccc(Cl)c(Cl)c3)cc2)c1. The van der Waals surface area contributed by atoms with Gasteiger partial charge in [0.05, 0.1) is 25.5 Å². The topological polar surface area (TPSA) is 92.3 Å². The zero-order valence-corrected chi connectivity index (χ0v) is 19.1. The number of aryl methyl sites for hydroxylation is 2. The molecule has 0 fully saturated rings. The van der Waals surface area contributed by atoms with E-state index >= 15 is 0 Å². The van der Waals surface area contributed by atoms with Crippen LogP contribution in [0.1, 0.15) is 11.1 Å². The minimum Gasteiger partial charge on any atom is -0.280 e. The molecule has 2 N–H and O–H groups in total. The van der Waals surface area contributed by atoms with E-state index in [4.69, 9.17) is 23.2 Å². The molecule has 0 unspecified atom stereocenters. The maximum Gasteiger partial charge on any atom is 0.262 e. The summed E-state index contributed by atoms with van der Waals surface area (Å²) in [6, 6.07) is 14.9. The van der Waals surface area contributed by atoms with E-state index in [0.717, 1.165) is 5.56 Å². The fraction of sp³-hybridized carbons (Fsp3) is 0.100. The van der Waals surface area contributed by atoms with Crippen LogP contribution in [0.4, 0.5) is 11.4 Å². The summed E-state index contributed by atoms with van der Waals surface area (Å²) in [6.45, 7) is 3.51. The maximum absolute atomic E-state index is 12.7. The van der Waals surface area contributed by atoms with Crippen LogP contribution in [0.15, 0.2) is 70.5 Å². The van der Waals surface area contributed by atoms with Gasteiger partial charge < -0.3 is 0 Å². The summed E-state index contributed by atoms with van der Waals surface area (Å²) in [5.41, 5.74) is 1.92. The van der Waals surface area contributed by atoms with Crippen LogP contribution in [0.5, 0.6) is 0 Å². The molecule has 0 bridgehead atoms. The molecule has 0 amide bonds. The van der Waals surface area contributed by atoms with Gasteiger partial charge in [-0.2, -0.15) is 0 Å². The molecule has 0 saturated heterocycles. The summed E-state index contributed by atoms with van der Waals surface area (Å²) in [7, 11) is -7.71. The lowest BCUT2D eigenvalue weighted by atomic mass is 10.2. The molecule has 0 saturated carbocycles. The van der Waals surface area contributed by atoms with Crippen molar-refractivity contribution in [3.63, 3.8) is 0 Å². The Morgan fingerprint density at radius 2 is 1.27 bits per heavy atom. The quantitative estimate of drug-likeness (QED) is 0.501. The number of sulfonamides is 2. The number of anilines is 2. The second-order valence-electron chi connectivity index (χ2n) is 6.63. The summed E-state index contributed by atoms with van der Waals surface area (Å²) in [5.74, 6) is 0. The van der Waals surface area contributed by atoms with E-state index in [2.05, 4.69) is 9.44 Å². The molecule has 0 spiro atoms. The lowest BCUT2D eigenvalue weighted by molar-refractivity contribution is 0.599. The van der Waals surface area contributed by atoms with Gasteiger partial charge in [0.25, 0.3) is 20.0 Å². The normalized spacial score (nSPS) is 11.9. The van der Waals surface area contributed by atoms with Crippen LogP contribution in [0.2, 0.25) is 10.0 Å². The minimum absolute atomic E-state index is 0.0387. The molecule has 3 aromatic rings. The van der Waals surface area contributed by atoms with Crippen LogP contribution in [-0.4, -0.2) is 16.8 Å². The molecule has 0 radical (unpaired) electrons. The number of nitrogens with one attached hydrogen (secondary N) is 2. The Morgan fingerprint density at radius 3 is 1.90 bits per heavy atom. The molecule has 0 aliphatic carbocycles. The van der Waals surface area contributed by atoms with Crippen LogP contribution in [0.3, 0.4) is 0 Å². The van der Waals surface area contributed by atoms with Gasteiger partial charge in [0.2, 0.25) is 0 Å². The zero-order chi connectivity index (χ0) is 22.1. The van der Waals surface area contributed by atoms with E-state index in [-0.39, 0.29) is 26.2 Å². The first-order chi connectivity index (χ1) is 14.0. The van der Waals surface area contributed by atoms with Gasteiger partial charge in [-0.15, -0.1) is 0 Å². The molecule has 3 aromatic carbocycles. The Morgan fingerprint density at radius 1 is 0.667 bits per heavy atom.